The Bertz CT molecular complexity index is 853. The van der Waals surface area contributed by atoms with Crippen molar-refractivity contribution < 1.29 is 14.3 Å². The highest BCUT2D eigenvalue weighted by molar-refractivity contribution is 5.91. The normalized spacial score (nSPS) is 14.2. The van der Waals surface area contributed by atoms with E-state index in [1.165, 1.54) is 0 Å². The molecule has 1 saturated heterocycles. The van der Waals surface area contributed by atoms with Gasteiger partial charge in [-0.3, -0.25) is 4.79 Å². The molecule has 168 valence electrons. The van der Waals surface area contributed by atoms with Crippen LogP contribution >= 0.6 is 0 Å². The van der Waals surface area contributed by atoms with Crippen molar-refractivity contribution in [3.63, 3.8) is 0 Å². The van der Waals surface area contributed by atoms with E-state index in [0.29, 0.717) is 29.5 Å². The number of carbonyl (C=O) groups excluding carboxylic acids is 1. The molecular formula is C23H33N5O3. The Balaban J connectivity index is 1.43. The Morgan fingerprint density at radius 3 is 2.61 bits per heavy atom. The summed E-state index contributed by atoms with van der Waals surface area (Å²) in [7, 11) is 3.17. The third-order valence-electron chi connectivity index (χ3n) is 5.59. The molecule has 2 heterocycles. The molecule has 0 unspecified atom stereocenters. The third-order valence-corrected chi connectivity index (χ3v) is 5.59. The maximum Gasteiger partial charge on any atom is 0.224 e. The van der Waals surface area contributed by atoms with Crippen LogP contribution in [0.2, 0.25) is 0 Å². The summed E-state index contributed by atoms with van der Waals surface area (Å²) in [6.45, 7) is 4.94. The average Bonchev–Trinajstić information content (AvgIpc) is 2.82. The minimum atomic E-state index is 0.0251. The van der Waals surface area contributed by atoms with Gasteiger partial charge < -0.3 is 25.0 Å². The van der Waals surface area contributed by atoms with E-state index in [4.69, 9.17) is 9.47 Å². The second-order valence-electron chi connectivity index (χ2n) is 7.78. The Morgan fingerprint density at radius 2 is 1.90 bits per heavy atom. The molecule has 0 radical (unpaired) electrons. The molecule has 2 aromatic rings. The van der Waals surface area contributed by atoms with E-state index < -0.39 is 0 Å². The van der Waals surface area contributed by atoms with Crippen LogP contribution in [-0.2, 0) is 4.79 Å². The van der Waals surface area contributed by atoms with Gasteiger partial charge in [-0.15, -0.1) is 0 Å². The molecular weight excluding hydrogens is 394 g/mol. The van der Waals surface area contributed by atoms with Gasteiger partial charge in [0.2, 0.25) is 5.91 Å². The van der Waals surface area contributed by atoms with E-state index in [2.05, 4.69) is 32.4 Å². The van der Waals surface area contributed by atoms with Gasteiger partial charge in [0.15, 0.2) is 11.5 Å². The summed E-state index contributed by atoms with van der Waals surface area (Å²) in [5.74, 6) is 3.66. The number of nitrogens with one attached hydrogen (secondary N) is 2. The quantitative estimate of drug-likeness (QED) is 0.593. The molecule has 3 rings (SSSR count). The Labute approximate surface area is 184 Å². The summed E-state index contributed by atoms with van der Waals surface area (Å²) in [5, 5.41) is 6.27. The lowest BCUT2D eigenvalue weighted by atomic mass is 9.92. The number of rotatable bonds is 10. The van der Waals surface area contributed by atoms with Crippen LogP contribution in [0.1, 0.15) is 39.0 Å². The van der Waals surface area contributed by atoms with E-state index in [9.17, 15) is 4.79 Å². The van der Waals surface area contributed by atoms with Crippen molar-refractivity contribution in [2.24, 2.45) is 5.92 Å². The highest BCUT2D eigenvalue weighted by Crippen LogP contribution is 2.30. The zero-order valence-electron chi connectivity index (χ0n) is 18.7. The van der Waals surface area contributed by atoms with Gasteiger partial charge in [-0.1, -0.05) is 6.92 Å². The number of aromatic nitrogens is 2. The average molecular weight is 428 g/mol. The third kappa shape index (κ3) is 6.47. The monoisotopic (exact) mass is 427 g/mol. The summed E-state index contributed by atoms with van der Waals surface area (Å²) >= 11 is 0. The van der Waals surface area contributed by atoms with Crippen molar-refractivity contribution in [2.75, 3.05) is 49.4 Å². The van der Waals surface area contributed by atoms with E-state index in [-0.39, 0.29) is 5.91 Å². The fourth-order valence-corrected chi connectivity index (χ4v) is 3.79. The largest absolute Gasteiger partial charge is 0.493 e. The van der Waals surface area contributed by atoms with Crippen LogP contribution in [0.3, 0.4) is 0 Å². The lowest BCUT2D eigenvalue weighted by Gasteiger charge is -2.32. The Kier molecular flexibility index (Phi) is 8.32. The second kappa shape index (κ2) is 11.4. The standard InChI is InChI=1S/C23H33N5O3/c1-4-11-24-21-15-22(26-16-25-21)28-12-9-17(10-13-28)5-8-23(29)27-18-6-7-19(30-2)20(14-18)31-3/h6-7,14-17H,4-5,8-13H2,1-3H3,(H,27,29)(H,24,25,26). The smallest absolute Gasteiger partial charge is 0.224 e. The van der Waals surface area contributed by atoms with Gasteiger partial charge in [0.05, 0.1) is 14.2 Å². The molecule has 0 aliphatic carbocycles. The zero-order chi connectivity index (χ0) is 22.1. The first-order valence-corrected chi connectivity index (χ1v) is 11.0. The number of carbonyl (C=O) groups is 1. The van der Waals surface area contributed by atoms with Crippen molar-refractivity contribution in [2.45, 2.75) is 39.0 Å². The molecule has 8 heteroatoms. The number of hydrogen-bond donors (Lipinski definition) is 2. The molecule has 1 aliphatic heterocycles. The van der Waals surface area contributed by atoms with Gasteiger partial charge in [0.25, 0.3) is 0 Å². The number of ether oxygens (including phenoxy) is 2. The Hall–Kier alpha value is -3.03. The maximum atomic E-state index is 12.4. The van der Waals surface area contributed by atoms with Gasteiger partial charge in [-0.2, -0.15) is 0 Å². The van der Waals surface area contributed by atoms with E-state index >= 15 is 0 Å². The molecule has 31 heavy (non-hydrogen) atoms. The second-order valence-corrected chi connectivity index (χ2v) is 7.78. The molecule has 1 aliphatic rings. The molecule has 1 amide bonds. The van der Waals surface area contributed by atoms with Crippen LogP contribution in [0.25, 0.3) is 0 Å². The number of hydrogen-bond acceptors (Lipinski definition) is 7. The van der Waals surface area contributed by atoms with Crippen LogP contribution in [0, 0.1) is 5.92 Å². The van der Waals surface area contributed by atoms with Crippen LogP contribution < -0.4 is 25.0 Å². The fraction of sp³-hybridized carbons (Fsp3) is 0.522. The summed E-state index contributed by atoms with van der Waals surface area (Å²) in [5.41, 5.74) is 0.716. The highest BCUT2D eigenvalue weighted by atomic mass is 16.5. The van der Waals surface area contributed by atoms with Crippen molar-refractivity contribution in [1.29, 1.82) is 0 Å². The molecule has 1 fully saturated rings. The molecule has 2 N–H and O–H groups in total. The molecule has 1 aromatic heterocycles. The summed E-state index contributed by atoms with van der Waals surface area (Å²) < 4.78 is 10.5. The number of benzene rings is 1. The SMILES string of the molecule is CCCNc1cc(N2CCC(CCC(=O)Nc3ccc(OC)c(OC)c3)CC2)ncn1. The number of nitrogens with zero attached hydrogens (tertiary/aromatic N) is 3. The molecule has 0 saturated carbocycles. The summed E-state index contributed by atoms with van der Waals surface area (Å²) in [6, 6.07) is 7.41. The van der Waals surface area contributed by atoms with Gasteiger partial charge in [0, 0.05) is 43.9 Å². The minimum absolute atomic E-state index is 0.0251. The number of amides is 1. The van der Waals surface area contributed by atoms with Crippen LogP contribution in [0.4, 0.5) is 17.3 Å². The summed E-state index contributed by atoms with van der Waals surface area (Å²) in [4.78, 5) is 23.4. The van der Waals surface area contributed by atoms with Crippen molar-refractivity contribution in [3.05, 3.63) is 30.6 Å². The van der Waals surface area contributed by atoms with E-state index in [1.54, 1.807) is 32.7 Å². The van der Waals surface area contributed by atoms with E-state index in [1.807, 2.05) is 12.1 Å². The van der Waals surface area contributed by atoms with Gasteiger partial charge >= 0.3 is 0 Å². The number of anilines is 3. The molecule has 0 spiro atoms. The van der Waals surface area contributed by atoms with Crippen LogP contribution in [-0.4, -0.2) is 49.7 Å². The van der Waals surface area contributed by atoms with Crippen molar-refractivity contribution >= 4 is 23.2 Å². The number of piperidine rings is 1. The molecule has 1 aromatic carbocycles. The van der Waals surface area contributed by atoms with Gasteiger partial charge in [-0.25, -0.2) is 9.97 Å². The van der Waals surface area contributed by atoms with Gasteiger partial charge in [0.1, 0.15) is 18.0 Å². The lowest BCUT2D eigenvalue weighted by molar-refractivity contribution is -0.116. The minimum Gasteiger partial charge on any atom is -0.493 e. The van der Waals surface area contributed by atoms with Crippen molar-refractivity contribution in [3.8, 4) is 11.5 Å². The number of methoxy groups -OCH3 is 2. The predicted octanol–water partition coefficient (Wildman–Crippen LogP) is 3.95. The lowest BCUT2D eigenvalue weighted by Crippen LogP contribution is -2.34. The highest BCUT2D eigenvalue weighted by Gasteiger charge is 2.21. The molecule has 0 atom stereocenters. The zero-order valence-corrected chi connectivity index (χ0v) is 18.7. The predicted molar refractivity (Wildman–Crippen MR) is 123 cm³/mol. The fourth-order valence-electron chi connectivity index (χ4n) is 3.79. The van der Waals surface area contributed by atoms with Crippen LogP contribution in [0.5, 0.6) is 11.5 Å². The Morgan fingerprint density at radius 1 is 1.13 bits per heavy atom. The first-order chi connectivity index (χ1) is 15.1. The first-order valence-electron chi connectivity index (χ1n) is 11.0. The first kappa shape index (κ1) is 22.7. The van der Waals surface area contributed by atoms with Gasteiger partial charge in [-0.05, 0) is 43.7 Å². The molecule has 8 nitrogen and oxygen atoms in total. The van der Waals surface area contributed by atoms with Crippen molar-refractivity contribution in [1.82, 2.24) is 9.97 Å². The van der Waals surface area contributed by atoms with E-state index in [0.717, 1.165) is 57.0 Å². The topological polar surface area (TPSA) is 88.6 Å². The molecule has 0 bridgehead atoms. The maximum absolute atomic E-state index is 12.4. The summed E-state index contributed by atoms with van der Waals surface area (Å²) in [6.07, 6.45) is 6.20. The van der Waals surface area contributed by atoms with Crippen LogP contribution in [0.15, 0.2) is 30.6 Å².